The van der Waals surface area contributed by atoms with Crippen LogP contribution in [0.3, 0.4) is 0 Å². The molecule has 0 radical (unpaired) electrons. The number of urea groups is 1. The van der Waals surface area contributed by atoms with Crippen molar-refractivity contribution >= 4 is 29.2 Å². The molecule has 9 heteroatoms. The van der Waals surface area contributed by atoms with Crippen LogP contribution in [0.15, 0.2) is 23.7 Å². The Morgan fingerprint density at radius 2 is 2.00 bits per heavy atom. The van der Waals surface area contributed by atoms with Gasteiger partial charge in [0.2, 0.25) is 0 Å². The SMILES string of the molecule is CC[C@]1(C2CCN(C(=O)c3cccc(C)n3)CC2)NC(=O)N(CCc2scnc2C)C1=O. The highest BCUT2D eigenvalue weighted by molar-refractivity contribution is 7.09. The van der Waals surface area contributed by atoms with E-state index in [1.807, 2.05) is 32.9 Å². The van der Waals surface area contributed by atoms with Crippen molar-refractivity contribution in [3.8, 4) is 0 Å². The van der Waals surface area contributed by atoms with Crippen molar-refractivity contribution < 1.29 is 14.4 Å². The second kappa shape index (κ2) is 8.97. The monoisotopic (exact) mass is 455 g/mol. The number of pyridine rings is 1. The summed E-state index contributed by atoms with van der Waals surface area (Å²) in [5.74, 6) is -0.230. The van der Waals surface area contributed by atoms with E-state index in [0.29, 0.717) is 51.0 Å². The van der Waals surface area contributed by atoms with Gasteiger partial charge in [0.15, 0.2) is 0 Å². The quantitative estimate of drug-likeness (QED) is 0.676. The van der Waals surface area contributed by atoms with Crippen molar-refractivity contribution in [2.24, 2.45) is 5.92 Å². The first kappa shape index (κ1) is 22.4. The van der Waals surface area contributed by atoms with Crippen molar-refractivity contribution in [2.75, 3.05) is 19.6 Å². The molecule has 4 rings (SSSR count). The third-order valence-corrected chi connectivity index (χ3v) is 7.75. The molecule has 32 heavy (non-hydrogen) atoms. The Morgan fingerprint density at radius 1 is 1.25 bits per heavy atom. The number of nitrogens with one attached hydrogen (secondary N) is 1. The highest BCUT2D eigenvalue weighted by Crippen LogP contribution is 2.36. The van der Waals surface area contributed by atoms with E-state index in [1.54, 1.807) is 27.8 Å². The van der Waals surface area contributed by atoms with Gasteiger partial charge in [-0.25, -0.2) is 14.8 Å². The molecule has 2 saturated heterocycles. The van der Waals surface area contributed by atoms with Crippen LogP contribution in [0.2, 0.25) is 0 Å². The molecule has 1 atom stereocenters. The van der Waals surface area contributed by atoms with Gasteiger partial charge in [-0.1, -0.05) is 13.0 Å². The molecule has 170 valence electrons. The molecule has 4 heterocycles. The summed E-state index contributed by atoms with van der Waals surface area (Å²) in [6, 6.07) is 5.12. The van der Waals surface area contributed by atoms with Crippen LogP contribution >= 0.6 is 11.3 Å². The lowest BCUT2D eigenvalue weighted by molar-refractivity contribution is -0.134. The van der Waals surface area contributed by atoms with Gasteiger partial charge in [-0.05, 0) is 51.2 Å². The first-order valence-corrected chi connectivity index (χ1v) is 12.0. The number of rotatable bonds is 6. The molecule has 0 aliphatic carbocycles. The summed E-state index contributed by atoms with van der Waals surface area (Å²) < 4.78 is 0. The van der Waals surface area contributed by atoms with Gasteiger partial charge in [0.05, 0.1) is 11.2 Å². The van der Waals surface area contributed by atoms with Gasteiger partial charge in [-0.2, -0.15) is 0 Å². The molecule has 2 aromatic heterocycles. The summed E-state index contributed by atoms with van der Waals surface area (Å²) >= 11 is 1.55. The summed E-state index contributed by atoms with van der Waals surface area (Å²) in [6.07, 6.45) is 2.48. The summed E-state index contributed by atoms with van der Waals surface area (Å²) in [4.78, 5) is 51.8. The zero-order valence-electron chi connectivity index (χ0n) is 18.8. The first-order valence-electron chi connectivity index (χ1n) is 11.1. The molecule has 2 aliphatic rings. The highest BCUT2D eigenvalue weighted by atomic mass is 32.1. The standard InChI is InChI=1S/C23H29N5O3S/c1-4-23(21(30)28(22(31)26-23)13-10-19-16(3)24-14-32-19)17-8-11-27(12-9-17)20(29)18-7-5-6-15(2)25-18/h5-7,14,17H,4,8-13H2,1-3H3,(H,26,31)/t23-/m1/s1. The van der Waals surface area contributed by atoms with E-state index in [1.165, 1.54) is 4.90 Å². The minimum atomic E-state index is -0.892. The number of piperidine rings is 1. The normalized spacial score (nSPS) is 21.8. The van der Waals surface area contributed by atoms with E-state index >= 15 is 0 Å². The van der Waals surface area contributed by atoms with Crippen LogP contribution in [0.5, 0.6) is 0 Å². The topological polar surface area (TPSA) is 95.5 Å². The number of imide groups is 1. The van der Waals surface area contributed by atoms with Gasteiger partial charge in [0, 0.05) is 36.6 Å². The van der Waals surface area contributed by atoms with Gasteiger partial charge < -0.3 is 10.2 Å². The number of aryl methyl sites for hydroxylation is 2. The van der Waals surface area contributed by atoms with Crippen molar-refractivity contribution in [2.45, 2.75) is 52.0 Å². The van der Waals surface area contributed by atoms with Crippen LogP contribution in [0.25, 0.3) is 0 Å². The van der Waals surface area contributed by atoms with E-state index in [0.717, 1.165) is 16.3 Å². The Hall–Kier alpha value is -2.81. The van der Waals surface area contributed by atoms with Gasteiger partial charge >= 0.3 is 6.03 Å². The Morgan fingerprint density at radius 3 is 2.62 bits per heavy atom. The molecule has 0 aromatic carbocycles. The van der Waals surface area contributed by atoms with E-state index in [4.69, 9.17) is 0 Å². The fraction of sp³-hybridized carbons (Fsp3) is 0.522. The third-order valence-electron chi connectivity index (χ3n) is 6.75. The average Bonchev–Trinajstić information content (AvgIpc) is 3.32. The third kappa shape index (κ3) is 4.01. The zero-order valence-corrected chi connectivity index (χ0v) is 19.6. The average molecular weight is 456 g/mol. The minimum Gasteiger partial charge on any atom is -0.337 e. The van der Waals surface area contributed by atoms with Gasteiger partial charge in [-0.15, -0.1) is 11.3 Å². The van der Waals surface area contributed by atoms with E-state index in [-0.39, 0.29) is 23.8 Å². The summed E-state index contributed by atoms with van der Waals surface area (Å²) in [5, 5.41) is 3.02. The van der Waals surface area contributed by atoms with Crippen molar-refractivity contribution in [3.63, 3.8) is 0 Å². The largest absolute Gasteiger partial charge is 0.337 e. The van der Waals surface area contributed by atoms with Crippen LogP contribution in [-0.2, 0) is 11.2 Å². The van der Waals surface area contributed by atoms with Crippen LogP contribution in [-0.4, -0.2) is 62.8 Å². The lowest BCUT2D eigenvalue weighted by Gasteiger charge is -2.40. The Kier molecular flexibility index (Phi) is 6.28. The fourth-order valence-electron chi connectivity index (χ4n) is 4.83. The molecule has 2 aliphatic heterocycles. The predicted octanol–water partition coefficient (Wildman–Crippen LogP) is 2.95. The molecule has 4 amide bonds. The summed E-state index contributed by atoms with van der Waals surface area (Å²) in [7, 11) is 0. The van der Waals surface area contributed by atoms with Crippen LogP contribution in [0.1, 0.15) is 52.9 Å². The van der Waals surface area contributed by atoms with E-state index < -0.39 is 5.54 Å². The first-order chi connectivity index (χ1) is 15.4. The second-order valence-electron chi connectivity index (χ2n) is 8.55. The Balaban J connectivity index is 1.42. The maximum absolute atomic E-state index is 13.4. The predicted molar refractivity (Wildman–Crippen MR) is 121 cm³/mol. The Labute approximate surface area is 192 Å². The maximum atomic E-state index is 13.4. The number of amides is 4. The number of carbonyl (C=O) groups is 3. The molecule has 0 saturated carbocycles. The van der Waals surface area contributed by atoms with Crippen molar-refractivity contribution in [1.82, 2.24) is 25.1 Å². The van der Waals surface area contributed by atoms with Gasteiger partial charge in [-0.3, -0.25) is 14.5 Å². The number of carbonyl (C=O) groups excluding carboxylic acids is 3. The maximum Gasteiger partial charge on any atom is 0.325 e. The van der Waals surface area contributed by atoms with E-state index in [2.05, 4.69) is 15.3 Å². The highest BCUT2D eigenvalue weighted by Gasteiger charge is 2.54. The van der Waals surface area contributed by atoms with Crippen LogP contribution in [0, 0.1) is 19.8 Å². The van der Waals surface area contributed by atoms with Gasteiger partial charge in [0.1, 0.15) is 11.2 Å². The minimum absolute atomic E-state index is 0.00592. The second-order valence-corrected chi connectivity index (χ2v) is 9.49. The Bertz CT molecular complexity index is 1030. The lowest BCUT2D eigenvalue weighted by Crippen LogP contribution is -2.56. The molecule has 2 aromatic rings. The molecule has 8 nitrogen and oxygen atoms in total. The number of likely N-dealkylation sites (tertiary alicyclic amines) is 1. The lowest BCUT2D eigenvalue weighted by atomic mass is 9.75. The molecular formula is C23H29N5O3S. The smallest absolute Gasteiger partial charge is 0.325 e. The number of nitrogens with zero attached hydrogens (tertiary/aromatic N) is 4. The summed E-state index contributed by atoms with van der Waals surface area (Å²) in [5.41, 5.74) is 3.10. The van der Waals surface area contributed by atoms with E-state index in [9.17, 15) is 14.4 Å². The van der Waals surface area contributed by atoms with Crippen LogP contribution in [0.4, 0.5) is 4.79 Å². The number of hydrogen-bond donors (Lipinski definition) is 1. The summed E-state index contributed by atoms with van der Waals surface area (Å²) in [6.45, 7) is 7.20. The molecule has 0 unspecified atom stereocenters. The molecule has 0 spiro atoms. The number of hydrogen-bond acceptors (Lipinski definition) is 6. The molecule has 2 fully saturated rings. The number of aromatic nitrogens is 2. The zero-order chi connectivity index (χ0) is 22.9. The van der Waals surface area contributed by atoms with Gasteiger partial charge in [0.25, 0.3) is 11.8 Å². The number of thiazole rings is 1. The molecular weight excluding hydrogens is 426 g/mol. The van der Waals surface area contributed by atoms with Crippen LogP contribution < -0.4 is 5.32 Å². The van der Waals surface area contributed by atoms with Crippen molar-refractivity contribution in [1.29, 1.82) is 0 Å². The fourth-order valence-corrected chi connectivity index (χ4v) is 5.60. The van der Waals surface area contributed by atoms with Crippen molar-refractivity contribution in [3.05, 3.63) is 45.7 Å². The molecule has 1 N–H and O–H groups in total. The molecule has 0 bridgehead atoms.